The quantitative estimate of drug-likeness (QED) is 0.675. The van der Waals surface area contributed by atoms with Gasteiger partial charge in [-0.25, -0.2) is 9.97 Å². The number of nitrogen functional groups attached to an aromatic ring is 1. The average molecular weight is 193 g/mol. The van der Waals surface area contributed by atoms with Crippen LogP contribution in [0.4, 0.5) is 5.82 Å². The molecular formula is C8H7N3OS. The van der Waals surface area contributed by atoms with Gasteiger partial charge in [0.05, 0.1) is 0 Å². The van der Waals surface area contributed by atoms with E-state index in [2.05, 4.69) is 22.6 Å². The maximum atomic E-state index is 5.50. The lowest BCUT2D eigenvalue weighted by molar-refractivity contribution is 0.569. The Labute approximate surface area is 80.2 Å². The van der Waals surface area contributed by atoms with Crippen molar-refractivity contribution >= 4 is 18.4 Å². The highest BCUT2D eigenvalue weighted by Crippen LogP contribution is 2.18. The van der Waals surface area contributed by atoms with Crippen molar-refractivity contribution in [3.05, 3.63) is 24.5 Å². The summed E-state index contributed by atoms with van der Waals surface area (Å²) in [4.78, 5) is 8.05. The molecule has 2 N–H and O–H groups in total. The standard InChI is InChI=1S/C8H7N3OS/c9-6-3-1-2-5(10-6)8-11-7(13)4-12-8/h1-4,13H,(H2,9,10). The van der Waals surface area contributed by atoms with Crippen LogP contribution < -0.4 is 5.73 Å². The van der Waals surface area contributed by atoms with Gasteiger partial charge >= 0.3 is 0 Å². The molecule has 0 spiro atoms. The van der Waals surface area contributed by atoms with E-state index in [9.17, 15) is 0 Å². The molecule has 0 unspecified atom stereocenters. The SMILES string of the molecule is Nc1cccc(-c2nc(S)co2)n1. The van der Waals surface area contributed by atoms with Crippen LogP contribution in [0.2, 0.25) is 0 Å². The van der Waals surface area contributed by atoms with Crippen LogP contribution in [-0.4, -0.2) is 9.97 Å². The number of nitrogens with zero attached hydrogens (tertiary/aromatic N) is 2. The van der Waals surface area contributed by atoms with Gasteiger partial charge in [-0.2, -0.15) is 0 Å². The van der Waals surface area contributed by atoms with Crippen LogP contribution in [0, 0.1) is 0 Å². The van der Waals surface area contributed by atoms with Gasteiger partial charge in [0.25, 0.3) is 0 Å². The van der Waals surface area contributed by atoms with Crippen molar-refractivity contribution in [2.24, 2.45) is 0 Å². The molecule has 0 atom stereocenters. The highest BCUT2D eigenvalue weighted by Gasteiger charge is 2.05. The summed E-state index contributed by atoms with van der Waals surface area (Å²) in [5.74, 6) is 0.869. The van der Waals surface area contributed by atoms with Crippen LogP contribution in [0.5, 0.6) is 0 Å². The number of pyridine rings is 1. The Kier molecular flexibility index (Phi) is 1.94. The largest absolute Gasteiger partial charge is 0.442 e. The smallest absolute Gasteiger partial charge is 0.246 e. The third-order valence-electron chi connectivity index (χ3n) is 1.48. The lowest BCUT2D eigenvalue weighted by Gasteiger charge is -1.94. The molecule has 0 aliphatic heterocycles. The molecule has 0 aliphatic carbocycles. The lowest BCUT2D eigenvalue weighted by atomic mass is 10.3. The molecule has 0 bridgehead atoms. The lowest BCUT2D eigenvalue weighted by Crippen LogP contribution is -1.91. The Morgan fingerprint density at radius 2 is 2.15 bits per heavy atom. The Hall–Kier alpha value is -1.49. The molecule has 0 saturated carbocycles. The Morgan fingerprint density at radius 3 is 2.77 bits per heavy atom. The average Bonchev–Trinajstić information content (AvgIpc) is 2.52. The summed E-state index contributed by atoms with van der Waals surface area (Å²) in [6, 6.07) is 5.27. The van der Waals surface area contributed by atoms with Crippen molar-refractivity contribution in [2.75, 3.05) is 5.73 Å². The van der Waals surface area contributed by atoms with Crippen LogP contribution in [0.15, 0.2) is 33.9 Å². The normalized spacial score (nSPS) is 10.2. The first kappa shape index (κ1) is 8.12. The third kappa shape index (κ3) is 1.65. The molecule has 0 amide bonds. The fourth-order valence-corrected chi connectivity index (χ4v) is 1.10. The summed E-state index contributed by atoms with van der Waals surface area (Å²) in [5.41, 5.74) is 6.11. The third-order valence-corrected chi connectivity index (χ3v) is 1.69. The van der Waals surface area contributed by atoms with Gasteiger partial charge in [-0.15, -0.1) is 12.6 Å². The van der Waals surface area contributed by atoms with E-state index in [1.165, 1.54) is 6.26 Å². The number of oxazole rings is 1. The van der Waals surface area contributed by atoms with Crippen LogP contribution in [0.1, 0.15) is 0 Å². The van der Waals surface area contributed by atoms with Crippen LogP contribution >= 0.6 is 12.6 Å². The topological polar surface area (TPSA) is 64.9 Å². The molecule has 4 nitrogen and oxygen atoms in total. The minimum atomic E-state index is 0.428. The summed E-state index contributed by atoms with van der Waals surface area (Å²) in [5, 5.41) is 0.527. The van der Waals surface area contributed by atoms with E-state index >= 15 is 0 Å². The van der Waals surface area contributed by atoms with Crippen molar-refractivity contribution in [1.82, 2.24) is 9.97 Å². The molecule has 2 rings (SSSR count). The molecule has 0 fully saturated rings. The van der Waals surface area contributed by atoms with Crippen LogP contribution in [-0.2, 0) is 0 Å². The van der Waals surface area contributed by atoms with Gasteiger partial charge in [0.15, 0.2) is 0 Å². The second kappa shape index (κ2) is 3.10. The molecule has 13 heavy (non-hydrogen) atoms. The minimum absolute atomic E-state index is 0.428. The zero-order valence-corrected chi connectivity index (χ0v) is 7.53. The number of anilines is 1. The van der Waals surface area contributed by atoms with E-state index in [1.54, 1.807) is 18.2 Å². The van der Waals surface area contributed by atoms with E-state index in [0.717, 1.165) is 0 Å². The first-order valence-electron chi connectivity index (χ1n) is 3.63. The first-order valence-corrected chi connectivity index (χ1v) is 4.08. The molecule has 0 radical (unpaired) electrons. The van der Waals surface area contributed by atoms with E-state index in [1.807, 2.05) is 0 Å². The van der Waals surface area contributed by atoms with Crippen molar-refractivity contribution in [1.29, 1.82) is 0 Å². The molecule has 0 saturated heterocycles. The van der Waals surface area contributed by atoms with Crippen LogP contribution in [0.3, 0.4) is 0 Å². The number of thiol groups is 1. The van der Waals surface area contributed by atoms with E-state index in [0.29, 0.717) is 22.4 Å². The molecule has 2 aromatic heterocycles. The Bertz CT molecular complexity index is 427. The number of hydrogen-bond acceptors (Lipinski definition) is 5. The molecule has 0 aliphatic rings. The molecular weight excluding hydrogens is 186 g/mol. The summed E-state index contributed by atoms with van der Waals surface area (Å²) in [7, 11) is 0. The number of aromatic nitrogens is 2. The maximum absolute atomic E-state index is 5.50. The predicted octanol–water partition coefficient (Wildman–Crippen LogP) is 1.61. The highest BCUT2D eigenvalue weighted by atomic mass is 32.1. The van der Waals surface area contributed by atoms with E-state index < -0.39 is 0 Å². The fraction of sp³-hybridized carbons (Fsp3) is 0. The summed E-state index contributed by atoms with van der Waals surface area (Å²) >= 11 is 4.02. The number of nitrogens with two attached hydrogens (primary N) is 1. The molecule has 0 aromatic carbocycles. The van der Waals surface area contributed by atoms with E-state index in [4.69, 9.17) is 10.2 Å². The number of hydrogen-bond donors (Lipinski definition) is 2. The Morgan fingerprint density at radius 1 is 1.31 bits per heavy atom. The van der Waals surface area contributed by atoms with Crippen LogP contribution in [0.25, 0.3) is 11.6 Å². The van der Waals surface area contributed by atoms with Gasteiger partial charge < -0.3 is 10.2 Å². The second-order valence-corrected chi connectivity index (χ2v) is 2.92. The van der Waals surface area contributed by atoms with Gasteiger partial charge in [0.1, 0.15) is 22.8 Å². The first-order chi connectivity index (χ1) is 6.25. The van der Waals surface area contributed by atoms with Crippen molar-refractivity contribution < 1.29 is 4.42 Å². The van der Waals surface area contributed by atoms with Crippen molar-refractivity contribution in [2.45, 2.75) is 5.03 Å². The molecule has 5 heteroatoms. The van der Waals surface area contributed by atoms with Gasteiger partial charge in [0, 0.05) is 0 Å². The molecule has 2 aromatic rings. The minimum Gasteiger partial charge on any atom is -0.442 e. The van der Waals surface area contributed by atoms with Gasteiger partial charge in [0.2, 0.25) is 5.89 Å². The van der Waals surface area contributed by atoms with Gasteiger partial charge in [-0.05, 0) is 12.1 Å². The summed E-state index contributed by atoms with van der Waals surface area (Å²) in [6.45, 7) is 0. The zero-order valence-electron chi connectivity index (χ0n) is 6.64. The van der Waals surface area contributed by atoms with Gasteiger partial charge in [-0.3, -0.25) is 0 Å². The summed E-state index contributed by atoms with van der Waals surface area (Å²) < 4.78 is 5.10. The summed E-state index contributed by atoms with van der Waals surface area (Å²) in [6.07, 6.45) is 1.45. The van der Waals surface area contributed by atoms with Crippen molar-refractivity contribution in [3.8, 4) is 11.6 Å². The maximum Gasteiger partial charge on any atom is 0.246 e. The Balaban J connectivity index is 2.46. The molecule has 66 valence electrons. The molecule has 2 heterocycles. The monoisotopic (exact) mass is 193 g/mol. The van der Waals surface area contributed by atoms with E-state index in [-0.39, 0.29) is 0 Å². The zero-order chi connectivity index (χ0) is 9.26. The predicted molar refractivity (Wildman–Crippen MR) is 51.4 cm³/mol. The van der Waals surface area contributed by atoms with Crippen molar-refractivity contribution in [3.63, 3.8) is 0 Å². The highest BCUT2D eigenvalue weighted by molar-refractivity contribution is 7.80. The fourth-order valence-electron chi connectivity index (χ4n) is 0.953. The van der Waals surface area contributed by atoms with Gasteiger partial charge in [-0.1, -0.05) is 6.07 Å². The number of rotatable bonds is 1. The second-order valence-electron chi connectivity index (χ2n) is 2.46.